The van der Waals surface area contributed by atoms with E-state index in [9.17, 15) is 5.11 Å². The third-order valence-corrected chi connectivity index (χ3v) is 2.79. The monoisotopic (exact) mass is 259 g/mol. The molecule has 1 rings (SSSR count). The second-order valence-electron chi connectivity index (χ2n) is 2.94. The zero-order valence-electron chi connectivity index (χ0n) is 8.30. The van der Waals surface area contributed by atoms with E-state index in [0.29, 0.717) is 10.2 Å². The van der Waals surface area contributed by atoms with E-state index in [0.717, 1.165) is 18.5 Å². The lowest BCUT2D eigenvalue weighted by Gasteiger charge is -2.09. The first kappa shape index (κ1) is 11.3. The molecule has 1 aromatic rings. The Morgan fingerprint density at radius 3 is 2.79 bits per heavy atom. The number of rotatable bonds is 4. The lowest BCUT2D eigenvalue weighted by molar-refractivity contribution is 0.402. The van der Waals surface area contributed by atoms with Crippen LogP contribution in [0.25, 0.3) is 0 Å². The molecule has 0 heterocycles. The Morgan fingerprint density at radius 2 is 2.21 bits per heavy atom. The van der Waals surface area contributed by atoms with Crippen LogP contribution in [0.4, 0.5) is 0 Å². The summed E-state index contributed by atoms with van der Waals surface area (Å²) in [5.74, 6) is 0.912. The van der Waals surface area contributed by atoms with E-state index in [4.69, 9.17) is 4.74 Å². The highest BCUT2D eigenvalue weighted by Gasteiger charge is 2.09. The topological polar surface area (TPSA) is 41.5 Å². The van der Waals surface area contributed by atoms with Gasteiger partial charge in [-0.3, -0.25) is 0 Å². The van der Waals surface area contributed by atoms with Gasteiger partial charge < -0.3 is 15.2 Å². The van der Waals surface area contributed by atoms with E-state index in [-0.39, 0.29) is 5.75 Å². The van der Waals surface area contributed by atoms with Crippen molar-refractivity contribution in [2.24, 2.45) is 0 Å². The highest BCUT2D eigenvalue weighted by atomic mass is 79.9. The molecule has 0 aromatic heterocycles. The molecule has 0 amide bonds. The molecule has 0 saturated heterocycles. The van der Waals surface area contributed by atoms with Crippen molar-refractivity contribution >= 4 is 15.9 Å². The van der Waals surface area contributed by atoms with Gasteiger partial charge in [-0.1, -0.05) is 6.07 Å². The van der Waals surface area contributed by atoms with Crippen molar-refractivity contribution in [1.82, 2.24) is 5.32 Å². The van der Waals surface area contributed by atoms with Gasteiger partial charge in [0.05, 0.1) is 7.11 Å². The van der Waals surface area contributed by atoms with Gasteiger partial charge in [-0.25, -0.2) is 0 Å². The number of aromatic hydroxyl groups is 1. The van der Waals surface area contributed by atoms with Crippen LogP contribution >= 0.6 is 15.9 Å². The third kappa shape index (κ3) is 2.39. The quantitative estimate of drug-likeness (QED) is 0.869. The average molecular weight is 260 g/mol. The summed E-state index contributed by atoms with van der Waals surface area (Å²) in [6.07, 6.45) is 0.797. The summed E-state index contributed by atoms with van der Waals surface area (Å²) in [6.45, 7) is 0.840. The lowest BCUT2D eigenvalue weighted by atomic mass is 10.1. The SMILES string of the molecule is CNCCc1ccc(OC)c(Br)c1O. The number of nitrogens with one attached hydrogen (secondary N) is 1. The van der Waals surface area contributed by atoms with Crippen LogP contribution in [0.3, 0.4) is 0 Å². The summed E-state index contributed by atoms with van der Waals surface area (Å²) in [5, 5.41) is 12.8. The first-order valence-electron chi connectivity index (χ1n) is 4.39. The maximum absolute atomic E-state index is 9.78. The number of phenols is 1. The molecular formula is C10H14BrNO2. The highest BCUT2D eigenvalue weighted by Crippen LogP contribution is 2.36. The largest absolute Gasteiger partial charge is 0.506 e. The number of benzene rings is 1. The molecule has 0 spiro atoms. The van der Waals surface area contributed by atoms with Crippen LogP contribution in [0.5, 0.6) is 11.5 Å². The molecule has 14 heavy (non-hydrogen) atoms. The number of likely N-dealkylation sites (N-methyl/N-ethyl adjacent to an activating group) is 1. The van der Waals surface area contributed by atoms with Crippen LogP contribution in [-0.2, 0) is 6.42 Å². The molecule has 0 saturated carbocycles. The molecule has 3 nitrogen and oxygen atoms in total. The smallest absolute Gasteiger partial charge is 0.136 e. The molecule has 0 aliphatic carbocycles. The molecule has 0 fully saturated rings. The highest BCUT2D eigenvalue weighted by molar-refractivity contribution is 9.10. The van der Waals surface area contributed by atoms with Gasteiger partial charge in [0.25, 0.3) is 0 Å². The van der Waals surface area contributed by atoms with Gasteiger partial charge >= 0.3 is 0 Å². The Balaban J connectivity index is 2.92. The van der Waals surface area contributed by atoms with Crippen molar-refractivity contribution in [1.29, 1.82) is 0 Å². The molecule has 0 aliphatic rings. The predicted molar refractivity (Wildman–Crippen MR) is 60.0 cm³/mol. The Kier molecular flexibility index (Phi) is 4.22. The number of hydrogen-bond acceptors (Lipinski definition) is 3. The molecule has 0 bridgehead atoms. The Hall–Kier alpha value is -0.740. The van der Waals surface area contributed by atoms with E-state index < -0.39 is 0 Å². The maximum Gasteiger partial charge on any atom is 0.136 e. The van der Waals surface area contributed by atoms with Crippen molar-refractivity contribution in [2.75, 3.05) is 20.7 Å². The Bertz CT molecular complexity index is 315. The molecular weight excluding hydrogens is 246 g/mol. The fourth-order valence-electron chi connectivity index (χ4n) is 1.21. The minimum Gasteiger partial charge on any atom is -0.506 e. The number of hydrogen-bond donors (Lipinski definition) is 2. The van der Waals surface area contributed by atoms with Gasteiger partial charge in [0.1, 0.15) is 16.0 Å². The second kappa shape index (κ2) is 5.22. The van der Waals surface area contributed by atoms with Crippen LogP contribution in [0, 0.1) is 0 Å². The van der Waals surface area contributed by atoms with Crippen molar-refractivity contribution in [3.63, 3.8) is 0 Å². The summed E-state index contributed by atoms with van der Waals surface area (Å²) in [7, 11) is 3.46. The summed E-state index contributed by atoms with van der Waals surface area (Å²) < 4.78 is 5.68. The minimum absolute atomic E-state index is 0.264. The predicted octanol–water partition coefficient (Wildman–Crippen LogP) is 1.93. The Labute approximate surface area is 92.2 Å². The zero-order chi connectivity index (χ0) is 10.6. The third-order valence-electron chi connectivity index (χ3n) is 2.03. The maximum atomic E-state index is 9.78. The van der Waals surface area contributed by atoms with Crippen LogP contribution < -0.4 is 10.1 Å². The minimum atomic E-state index is 0.264. The first-order chi connectivity index (χ1) is 6.70. The van der Waals surface area contributed by atoms with Gasteiger partial charge in [-0.15, -0.1) is 0 Å². The van der Waals surface area contributed by atoms with Crippen molar-refractivity contribution in [2.45, 2.75) is 6.42 Å². The van der Waals surface area contributed by atoms with E-state index in [1.165, 1.54) is 0 Å². The van der Waals surface area contributed by atoms with E-state index in [2.05, 4.69) is 21.2 Å². The van der Waals surface area contributed by atoms with Crippen molar-refractivity contribution in [3.05, 3.63) is 22.2 Å². The molecule has 2 N–H and O–H groups in total. The van der Waals surface area contributed by atoms with Crippen molar-refractivity contribution < 1.29 is 9.84 Å². The molecule has 0 atom stereocenters. The molecule has 0 radical (unpaired) electrons. The molecule has 0 aliphatic heterocycles. The normalized spacial score (nSPS) is 10.2. The lowest BCUT2D eigenvalue weighted by Crippen LogP contribution is -2.10. The molecule has 4 heteroatoms. The number of methoxy groups -OCH3 is 1. The standard InChI is InChI=1S/C10H14BrNO2/c1-12-6-5-7-3-4-8(14-2)9(11)10(7)13/h3-4,12-13H,5-6H2,1-2H3. The van der Waals surface area contributed by atoms with Gasteiger partial charge in [-0.2, -0.15) is 0 Å². The molecule has 1 aromatic carbocycles. The molecule has 0 unspecified atom stereocenters. The summed E-state index contributed by atoms with van der Waals surface area (Å²) in [4.78, 5) is 0. The van der Waals surface area contributed by atoms with E-state index >= 15 is 0 Å². The fraction of sp³-hybridized carbons (Fsp3) is 0.400. The van der Waals surface area contributed by atoms with Crippen LogP contribution in [0.1, 0.15) is 5.56 Å². The van der Waals surface area contributed by atoms with Gasteiger partial charge in [0.15, 0.2) is 0 Å². The summed E-state index contributed by atoms with van der Waals surface area (Å²) in [5.41, 5.74) is 0.909. The molecule has 78 valence electrons. The van der Waals surface area contributed by atoms with Crippen LogP contribution in [0.2, 0.25) is 0 Å². The van der Waals surface area contributed by atoms with Gasteiger partial charge in [-0.05, 0) is 47.6 Å². The second-order valence-corrected chi connectivity index (χ2v) is 3.74. The van der Waals surface area contributed by atoms with E-state index in [1.54, 1.807) is 7.11 Å². The number of ether oxygens (including phenoxy) is 1. The van der Waals surface area contributed by atoms with Gasteiger partial charge in [0, 0.05) is 0 Å². The number of halogens is 1. The fourth-order valence-corrected chi connectivity index (χ4v) is 1.75. The zero-order valence-corrected chi connectivity index (χ0v) is 9.89. The number of phenolic OH excluding ortho intramolecular Hbond substituents is 1. The van der Waals surface area contributed by atoms with Gasteiger partial charge in [0.2, 0.25) is 0 Å². The first-order valence-corrected chi connectivity index (χ1v) is 5.19. The van der Waals surface area contributed by atoms with Crippen LogP contribution in [-0.4, -0.2) is 25.8 Å². The Morgan fingerprint density at radius 1 is 1.50 bits per heavy atom. The average Bonchev–Trinajstić information content (AvgIpc) is 2.20. The van der Waals surface area contributed by atoms with Crippen molar-refractivity contribution in [3.8, 4) is 11.5 Å². The van der Waals surface area contributed by atoms with Crippen LogP contribution in [0.15, 0.2) is 16.6 Å². The van der Waals surface area contributed by atoms with E-state index in [1.807, 2.05) is 19.2 Å². The summed E-state index contributed by atoms with van der Waals surface area (Å²) in [6, 6.07) is 3.71. The summed E-state index contributed by atoms with van der Waals surface area (Å²) >= 11 is 3.29.